The third-order valence-corrected chi connectivity index (χ3v) is 4.77. The highest BCUT2D eigenvalue weighted by atomic mass is 35.5. The normalized spacial score (nSPS) is 14.8. The van der Waals surface area contributed by atoms with Crippen LogP contribution in [0.5, 0.6) is 0 Å². The van der Waals surface area contributed by atoms with E-state index < -0.39 is 12.0 Å². The maximum absolute atomic E-state index is 12.3. The highest BCUT2D eigenvalue weighted by Crippen LogP contribution is 2.29. The fourth-order valence-electron chi connectivity index (χ4n) is 2.40. The molecule has 1 fully saturated rings. The van der Waals surface area contributed by atoms with E-state index in [9.17, 15) is 14.4 Å². The lowest BCUT2D eigenvalue weighted by molar-refractivity contribution is -0.143. The van der Waals surface area contributed by atoms with Gasteiger partial charge in [-0.1, -0.05) is 17.7 Å². The molecule has 3 rings (SSSR count). The van der Waals surface area contributed by atoms with Crippen LogP contribution in [0, 0.1) is 0 Å². The van der Waals surface area contributed by atoms with Crippen molar-refractivity contribution in [2.24, 2.45) is 0 Å². The standard InChI is InChI=1S/C15H14ClN3O4S/c1-2-23-13(21)8-18-7-12(20)19(15(18)22)6-11-17-14-9(16)4-3-5-10(14)24-11/h3-5H,2,6-8H2,1H3. The van der Waals surface area contributed by atoms with Crippen LogP contribution in [0.25, 0.3) is 10.2 Å². The van der Waals surface area contributed by atoms with E-state index in [1.807, 2.05) is 12.1 Å². The number of halogens is 1. The Balaban J connectivity index is 1.74. The maximum atomic E-state index is 12.3. The van der Waals surface area contributed by atoms with Gasteiger partial charge in [0, 0.05) is 0 Å². The summed E-state index contributed by atoms with van der Waals surface area (Å²) in [5.74, 6) is -0.901. The first-order valence-corrected chi connectivity index (χ1v) is 8.48. The highest BCUT2D eigenvalue weighted by Gasteiger charge is 2.37. The summed E-state index contributed by atoms with van der Waals surface area (Å²) in [6.45, 7) is 1.60. The summed E-state index contributed by atoms with van der Waals surface area (Å²) in [5.41, 5.74) is 0.654. The third-order valence-electron chi connectivity index (χ3n) is 3.46. The SMILES string of the molecule is CCOC(=O)CN1CC(=O)N(Cc2nc3c(Cl)cccc3s2)C1=O. The minimum Gasteiger partial charge on any atom is -0.465 e. The Labute approximate surface area is 146 Å². The molecule has 9 heteroatoms. The van der Waals surface area contributed by atoms with E-state index >= 15 is 0 Å². The number of para-hydroxylation sites is 1. The van der Waals surface area contributed by atoms with Crippen molar-refractivity contribution in [1.82, 2.24) is 14.8 Å². The fourth-order valence-corrected chi connectivity index (χ4v) is 3.66. The maximum Gasteiger partial charge on any atom is 0.328 e. The predicted molar refractivity (Wildman–Crippen MR) is 88.8 cm³/mol. The number of hydrogen-bond donors (Lipinski definition) is 0. The zero-order chi connectivity index (χ0) is 17.3. The molecule has 0 bridgehead atoms. The molecule has 1 aliphatic heterocycles. The molecule has 2 aromatic rings. The smallest absolute Gasteiger partial charge is 0.328 e. The summed E-state index contributed by atoms with van der Waals surface area (Å²) >= 11 is 7.47. The van der Waals surface area contributed by atoms with Crippen molar-refractivity contribution in [2.75, 3.05) is 19.7 Å². The van der Waals surface area contributed by atoms with Gasteiger partial charge >= 0.3 is 12.0 Å². The lowest BCUT2D eigenvalue weighted by Gasteiger charge is -2.15. The molecule has 0 N–H and O–H groups in total. The summed E-state index contributed by atoms with van der Waals surface area (Å²) < 4.78 is 5.70. The number of carbonyl (C=O) groups is 3. The van der Waals surface area contributed by atoms with Crippen LogP contribution in [0.4, 0.5) is 4.79 Å². The number of rotatable bonds is 5. The van der Waals surface area contributed by atoms with Gasteiger partial charge in [0.2, 0.25) is 0 Å². The van der Waals surface area contributed by atoms with Gasteiger partial charge in [-0.15, -0.1) is 11.3 Å². The van der Waals surface area contributed by atoms with Gasteiger partial charge in [0.15, 0.2) is 0 Å². The average Bonchev–Trinajstić information content (AvgIpc) is 3.05. The van der Waals surface area contributed by atoms with Crippen LogP contribution in [0.1, 0.15) is 11.9 Å². The van der Waals surface area contributed by atoms with Gasteiger partial charge < -0.3 is 9.64 Å². The van der Waals surface area contributed by atoms with E-state index in [1.165, 1.54) is 16.2 Å². The average molecular weight is 368 g/mol. The lowest BCUT2D eigenvalue weighted by Crippen LogP contribution is -2.36. The Morgan fingerprint density at radius 1 is 1.42 bits per heavy atom. The molecule has 0 spiro atoms. The topological polar surface area (TPSA) is 79.8 Å². The first kappa shape index (κ1) is 16.7. The number of carbonyl (C=O) groups excluding carboxylic acids is 3. The molecule has 0 aliphatic carbocycles. The molecule has 1 aromatic heterocycles. The number of aromatic nitrogens is 1. The second-order valence-corrected chi connectivity index (χ2v) is 6.64. The van der Waals surface area contributed by atoms with Crippen LogP contribution in [-0.2, 0) is 20.9 Å². The summed E-state index contributed by atoms with van der Waals surface area (Å²) in [6.07, 6.45) is 0. The van der Waals surface area contributed by atoms with Crippen LogP contribution in [0.2, 0.25) is 5.02 Å². The van der Waals surface area contributed by atoms with Crippen molar-refractivity contribution in [1.29, 1.82) is 0 Å². The van der Waals surface area contributed by atoms with E-state index in [0.717, 1.165) is 9.60 Å². The van der Waals surface area contributed by atoms with Crippen LogP contribution in [0.15, 0.2) is 18.2 Å². The fraction of sp³-hybridized carbons (Fsp3) is 0.333. The zero-order valence-corrected chi connectivity index (χ0v) is 14.4. The first-order valence-electron chi connectivity index (χ1n) is 7.28. The number of esters is 1. The van der Waals surface area contributed by atoms with Gasteiger partial charge in [0.05, 0.1) is 22.9 Å². The molecule has 0 atom stereocenters. The molecular formula is C15H14ClN3O4S. The largest absolute Gasteiger partial charge is 0.465 e. The minimum absolute atomic E-state index is 0.0622. The molecule has 0 unspecified atom stereocenters. The Hall–Kier alpha value is -2.19. The van der Waals surface area contributed by atoms with Crippen molar-refractivity contribution < 1.29 is 19.1 Å². The van der Waals surface area contributed by atoms with Crippen LogP contribution in [0.3, 0.4) is 0 Å². The molecule has 1 saturated heterocycles. The highest BCUT2D eigenvalue weighted by molar-refractivity contribution is 7.18. The minimum atomic E-state index is -0.535. The summed E-state index contributed by atoms with van der Waals surface area (Å²) in [7, 11) is 0. The number of ether oxygens (including phenoxy) is 1. The van der Waals surface area contributed by atoms with Crippen molar-refractivity contribution in [3.8, 4) is 0 Å². The molecule has 1 aliphatic rings. The van der Waals surface area contributed by atoms with Crippen molar-refractivity contribution in [3.63, 3.8) is 0 Å². The number of hydrogen-bond acceptors (Lipinski definition) is 6. The summed E-state index contributed by atoms with van der Waals surface area (Å²) in [4.78, 5) is 42.5. The number of fused-ring (bicyclic) bond motifs is 1. The van der Waals surface area contributed by atoms with Crippen molar-refractivity contribution >= 4 is 51.1 Å². The van der Waals surface area contributed by atoms with Gasteiger partial charge in [-0.3, -0.25) is 14.5 Å². The van der Waals surface area contributed by atoms with Crippen molar-refractivity contribution in [2.45, 2.75) is 13.5 Å². The third kappa shape index (κ3) is 3.20. The van der Waals surface area contributed by atoms with E-state index in [1.54, 1.807) is 13.0 Å². The van der Waals surface area contributed by atoms with Crippen LogP contribution in [-0.4, -0.2) is 52.4 Å². The first-order chi connectivity index (χ1) is 11.5. The Morgan fingerprint density at radius 2 is 2.21 bits per heavy atom. The molecule has 0 radical (unpaired) electrons. The van der Waals surface area contributed by atoms with Crippen LogP contribution >= 0.6 is 22.9 Å². The number of imide groups is 1. The molecule has 24 heavy (non-hydrogen) atoms. The predicted octanol–water partition coefficient (Wildman–Crippen LogP) is 2.28. The van der Waals surface area contributed by atoms with Gasteiger partial charge in [0.25, 0.3) is 5.91 Å². The molecule has 2 heterocycles. The second-order valence-electron chi connectivity index (χ2n) is 5.12. The molecule has 7 nitrogen and oxygen atoms in total. The molecular weight excluding hydrogens is 354 g/mol. The second kappa shape index (κ2) is 6.74. The Morgan fingerprint density at radius 3 is 2.92 bits per heavy atom. The molecule has 0 saturated carbocycles. The van der Waals surface area contributed by atoms with Gasteiger partial charge in [0.1, 0.15) is 23.6 Å². The monoisotopic (exact) mass is 367 g/mol. The Kier molecular flexibility index (Phi) is 4.68. The number of nitrogens with zero attached hydrogens (tertiary/aromatic N) is 3. The quantitative estimate of drug-likeness (QED) is 0.598. The number of thiazole rings is 1. The zero-order valence-electron chi connectivity index (χ0n) is 12.8. The van der Waals surface area contributed by atoms with Crippen LogP contribution < -0.4 is 0 Å². The number of benzene rings is 1. The van der Waals surface area contributed by atoms with E-state index in [4.69, 9.17) is 16.3 Å². The number of urea groups is 1. The van der Waals surface area contributed by atoms with Gasteiger partial charge in [-0.2, -0.15) is 0 Å². The summed E-state index contributed by atoms with van der Waals surface area (Å²) in [6, 6.07) is 4.92. The van der Waals surface area contributed by atoms with Crippen molar-refractivity contribution in [3.05, 3.63) is 28.2 Å². The lowest BCUT2D eigenvalue weighted by atomic mass is 10.3. The molecule has 1 aromatic carbocycles. The van der Waals surface area contributed by atoms with E-state index in [2.05, 4.69) is 4.98 Å². The summed E-state index contributed by atoms with van der Waals surface area (Å²) in [5, 5.41) is 1.13. The Bertz CT molecular complexity index is 822. The van der Waals surface area contributed by atoms with Gasteiger partial charge in [-0.25, -0.2) is 9.78 Å². The molecule has 126 valence electrons. The number of amides is 3. The van der Waals surface area contributed by atoms with E-state index in [0.29, 0.717) is 15.5 Å². The molecule has 3 amide bonds. The van der Waals surface area contributed by atoms with Gasteiger partial charge in [-0.05, 0) is 19.1 Å². The van der Waals surface area contributed by atoms with E-state index in [-0.39, 0.29) is 32.1 Å².